The van der Waals surface area contributed by atoms with Crippen LogP contribution in [0.5, 0.6) is 0 Å². The number of benzene rings is 3. The van der Waals surface area contributed by atoms with E-state index in [1.54, 1.807) is 37.3 Å². The molecule has 3 aromatic carbocycles. The van der Waals surface area contributed by atoms with Gasteiger partial charge in [0.05, 0.1) is 21.5 Å². The van der Waals surface area contributed by atoms with E-state index in [2.05, 4.69) is 20.7 Å². The topological polar surface area (TPSA) is 72.2 Å². The van der Waals surface area contributed by atoms with Crippen LogP contribution in [0.4, 0.5) is 0 Å². The molecular weight excluding hydrogens is 525 g/mol. The molecular formula is C25H20Cl3N5OS. The van der Waals surface area contributed by atoms with Gasteiger partial charge in [0.2, 0.25) is 0 Å². The van der Waals surface area contributed by atoms with Crippen molar-refractivity contribution in [3.05, 3.63) is 92.9 Å². The van der Waals surface area contributed by atoms with Crippen molar-refractivity contribution in [2.24, 2.45) is 5.10 Å². The van der Waals surface area contributed by atoms with Crippen LogP contribution in [0.15, 0.2) is 77.0 Å². The summed E-state index contributed by atoms with van der Waals surface area (Å²) in [6.45, 7) is 3.80. The SMILES string of the molecule is CC(=NNC(=O)CSc1nnc(-c2ccc(Cl)cc2)n1-c1ccc(C)cc1)c1ccc(Cl)c(Cl)c1. The Morgan fingerprint density at radius 3 is 2.37 bits per heavy atom. The average Bonchev–Trinajstić information content (AvgIpc) is 3.27. The number of nitrogens with zero attached hydrogens (tertiary/aromatic N) is 4. The van der Waals surface area contributed by atoms with Crippen molar-refractivity contribution in [2.45, 2.75) is 19.0 Å². The van der Waals surface area contributed by atoms with E-state index in [4.69, 9.17) is 34.8 Å². The molecule has 0 saturated heterocycles. The van der Waals surface area contributed by atoms with Crippen molar-refractivity contribution in [1.82, 2.24) is 20.2 Å². The van der Waals surface area contributed by atoms with Crippen molar-refractivity contribution in [3.8, 4) is 17.1 Å². The maximum absolute atomic E-state index is 12.5. The molecule has 10 heteroatoms. The van der Waals surface area contributed by atoms with Crippen LogP contribution in [-0.2, 0) is 4.79 Å². The Bertz CT molecular complexity index is 1390. The minimum Gasteiger partial charge on any atom is -0.272 e. The van der Waals surface area contributed by atoms with E-state index in [-0.39, 0.29) is 11.7 Å². The molecule has 0 spiro atoms. The second-order valence-corrected chi connectivity index (χ2v) is 9.83. The van der Waals surface area contributed by atoms with Gasteiger partial charge in [-0.1, -0.05) is 70.3 Å². The molecule has 0 bridgehead atoms. The zero-order chi connectivity index (χ0) is 24.9. The van der Waals surface area contributed by atoms with Crippen LogP contribution in [0.3, 0.4) is 0 Å². The minimum absolute atomic E-state index is 0.1000. The standard InChI is InChI=1S/C25H20Cl3N5OS/c1-15-3-10-20(11-4-15)33-24(17-5-8-19(26)9-6-17)31-32-25(33)35-14-23(34)30-29-16(2)18-7-12-21(27)22(28)13-18/h3-13H,14H2,1-2H3,(H,30,34). The number of hydrogen-bond acceptors (Lipinski definition) is 5. The first-order valence-electron chi connectivity index (χ1n) is 10.5. The zero-order valence-corrected chi connectivity index (χ0v) is 21.9. The molecule has 4 rings (SSSR count). The normalized spacial score (nSPS) is 11.5. The van der Waals surface area contributed by atoms with Crippen molar-refractivity contribution >= 4 is 58.2 Å². The van der Waals surface area contributed by atoms with Crippen LogP contribution in [0.25, 0.3) is 17.1 Å². The third-order valence-corrected chi connectivity index (χ3v) is 6.97. The second kappa shape index (κ2) is 11.3. The fraction of sp³-hybridized carbons (Fsp3) is 0.120. The Labute approximate surface area is 222 Å². The maximum atomic E-state index is 12.5. The summed E-state index contributed by atoms with van der Waals surface area (Å²) in [7, 11) is 0. The molecule has 1 amide bonds. The predicted molar refractivity (Wildman–Crippen MR) is 144 cm³/mol. The van der Waals surface area contributed by atoms with Crippen LogP contribution < -0.4 is 5.43 Å². The first-order chi connectivity index (χ1) is 16.8. The lowest BCUT2D eigenvalue weighted by atomic mass is 10.1. The third-order valence-electron chi connectivity index (χ3n) is 5.05. The molecule has 1 N–H and O–H groups in total. The number of amides is 1. The molecule has 0 saturated carbocycles. The van der Waals surface area contributed by atoms with Gasteiger partial charge in [-0.15, -0.1) is 10.2 Å². The number of rotatable bonds is 7. The number of aromatic nitrogens is 3. The quantitative estimate of drug-likeness (QED) is 0.157. The number of halogens is 3. The molecule has 4 aromatic rings. The predicted octanol–water partition coefficient (Wildman–Crippen LogP) is 6.84. The van der Waals surface area contributed by atoms with E-state index in [1.165, 1.54) is 11.8 Å². The van der Waals surface area contributed by atoms with E-state index >= 15 is 0 Å². The van der Waals surface area contributed by atoms with Gasteiger partial charge < -0.3 is 0 Å². The number of aryl methyl sites for hydroxylation is 1. The lowest BCUT2D eigenvalue weighted by Crippen LogP contribution is -2.21. The van der Waals surface area contributed by atoms with E-state index in [0.29, 0.717) is 31.8 Å². The summed E-state index contributed by atoms with van der Waals surface area (Å²) in [5.74, 6) is 0.478. The highest BCUT2D eigenvalue weighted by Crippen LogP contribution is 2.29. The van der Waals surface area contributed by atoms with Crippen molar-refractivity contribution in [2.75, 3.05) is 5.75 Å². The first-order valence-corrected chi connectivity index (χ1v) is 12.6. The summed E-state index contributed by atoms with van der Waals surface area (Å²) in [5, 5.41) is 15.0. The van der Waals surface area contributed by atoms with E-state index in [1.807, 2.05) is 47.9 Å². The van der Waals surface area contributed by atoms with E-state index < -0.39 is 0 Å². The third kappa shape index (κ3) is 6.24. The first kappa shape index (κ1) is 25.3. The summed E-state index contributed by atoms with van der Waals surface area (Å²) in [6.07, 6.45) is 0. The Hall–Kier alpha value is -2.84. The molecule has 1 aromatic heterocycles. The van der Waals surface area contributed by atoms with Crippen LogP contribution >= 0.6 is 46.6 Å². The van der Waals surface area contributed by atoms with Crippen molar-refractivity contribution in [1.29, 1.82) is 0 Å². The average molecular weight is 545 g/mol. The van der Waals surface area contributed by atoms with Gasteiger partial charge in [0, 0.05) is 16.3 Å². The van der Waals surface area contributed by atoms with Gasteiger partial charge in [0.25, 0.3) is 5.91 Å². The van der Waals surface area contributed by atoms with Crippen LogP contribution in [-0.4, -0.2) is 32.1 Å². The van der Waals surface area contributed by atoms with Crippen LogP contribution in [0.1, 0.15) is 18.1 Å². The smallest absolute Gasteiger partial charge is 0.250 e. The molecule has 0 aliphatic rings. The highest BCUT2D eigenvalue weighted by atomic mass is 35.5. The largest absolute Gasteiger partial charge is 0.272 e. The van der Waals surface area contributed by atoms with Crippen molar-refractivity contribution < 1.29 is 4.79 Å². The molecule has 6 nitrogen and oxygen atoms in total. The van der Waals surface area contributed by atoms with Gasteiger partial charge in [0.1, 0.15) is 0 Å². The number of hydrogen-bond donors (Lipinski definition) is 1. The molecule has 178 valence electrons. The number of thioether (sulfide) groups is 1. The monoisotopic (exact) mass is 543 g/mol. The Morgan fingerprint density at radius 2 is 1.69 bits per heavy atom. The van der Waals surface area contributed by atoms with Crippen molar-refractivity contribution in [3.63, 3.8) is 0 Å². The van der Waals surface area contributed by atoms with Gasteiger partial charge in [0.15, 0.2) is 11.0 Å². The van der Waals surface area contributed by atoms with E-state index in [9.17, 15) is 4.79 Å². The van der Waals surface area contributed by atoms with E-state index in [0.717, 1.165) is 22.4 Å². The molecule has 0 atom stereocenters. The highest BCUT2D eigenvalue weighted by molar-refractivity contribution is 7.99. The number of nitrogens with one attached hydrogen (secondary N) is 1. The van der Waals surface area contributed by atoms with Gasteiger partial charge >= 0.3 is 0 Å². The maximum Gasteiger partial charge on any atom is 0.250 e. The summed E-state index contributed by atoms with van der Waals surface area (Å²) in [5.41, 5.74) is 6.84. The summed E-state index contributed by atoms with van der Waals surface area (Å²) in [4.78, 5) is 12.5. The lowest BCUT2D eigenvalue weighted by Gasteiger charge is -2.11. The zero-order valence-electron chi connectivity index (χ0n) is 18.8. The number of hydrazone groups is 1. The number of carbonyl (C=O) groups excluding carboxylic acids is 1. The molecule has 35 heavy (non-hydrogen) atoms. The molecule has 0 radical (unpaired) electrons. The molecule has 1 heterocycles. The summed E-state index contributed by atoms with van der Waals surface area (Å²) >= 11 is 19.4. The minimum atomic E-state index is -0.277. The van der Waals surface area contributed by atoms with Crippen LogP contribution in [0.2, 0.25) is 15.1 Å². The molecule has 0 aliphatic heterocycles. The second-order valence-electron chi connectivity index (χ2n) is 7.63. The fourth-order valence-electron chi connectivity index (χ4n) is 3.17. The fourth-order valence-corrected chi connectivity index (χ4v) is 4.34. The summed E-state index contributed by atoms with van der Waals surface area (Å²) in [6, 6.07) is 20.6. The number of carbonyl (C=O) groups is 1. The molecule has 0 aliphatic carbocycles. The highest BCUT2D eigenvalue weighted by Gasteiger charge is 2.17. The van der Waals surface area contributed by atoms with Gasteiger partial charge in [-0.3, -0.25) is 9.36 Å². The lowest BCUT2D eigenvalue weighted by molar-refractivity contribution is -0.118. The Kier molecular flexibility index (Phi) is 8.13. The Balaban J connectivity index is 1.52. The molecule has 0 unspecified atom stereocenters. The van der Waals surface area contributed by atoms with Gasteiger partial charge in [-0.05, 0) is 67.9 Å². The van der Waals surface area contributed by atoms with Crippen LogP contribution in [0, 0.1) is 6.92 Å². The van der Waals surface area contributed by atoms with Gasteiger partial charge in [-0.25, -0.2) is 5.43 Å². The summed E-state index contributed by atoms with van der Waals surface area (Å²) < 4.78 is 1.92. The Morgan fingerprint density at radius 1 is 0.971 bits per heavy atom. The molecule has 0 fully saturated rings. The van der Waals surface area contributed by atoms with Gasteiger partial charge in [-0.2, -0.15) is 5.10 Å².